The number of nitrogen functional groups attached to an aromatic ring is 1. The summed E-state index contributed by atoms with van der Waals surface area (Å²) >= 11 is 1.56. The number of hydrogen-bond donors (Lipinski definition) is 1. The van der Waals surface area contributed by atoms with Crippen LogP contribution in [0.4, 0.5) is 10.1 Å². The second-order valence-electron chi connectivity index (χ2n) is 3.51. The topological polar surface area (TPSA) is 26.0 Å². The molecule has 0 saturated heterocycles. The van der Waals surface area contributed by atoms with Gasteiger partial charge in [-0.25, -0.2) is 4.39 Å². The number of nitrogens with two attached hydrogens (primary N) is 1. The second kappa shape index (κ2) is 5.25. The van der Waals surface area contributed by atoms with E-state index >= 15 is 0 Å². The molecule has 0 bridgehead atoms. The standard InChI is InChI=1S/C11H16FNS/c1-3-8(2)7-14-11-5-4-9(13)6-10(11)12/h4-6,8H,3,7,13H2,1-2H3. The molecular weight excluding hydrogens is 197 g/mol. The number of anilines is 1. The Morgan fingerprint density at radius 1 is 1.50 bits per heavy atom. The molecule has 1 atom stereocenters. The lowest BCUT2D eigenvalue weighted by molar-refractivity contribution is 0.600. The number of thioether (sulfide) groups is 1. The van der Waals surface area contributed by atoms with Crippen molar-refractivity contribution in [3.8, 4) is 0 Å². The molecule has 1 nitrogen and oxygen atoms in total. The van der Waals surface area contributed by atoms with Crippen LogP contribution in [-0.4, -0.2) is 5.75 Å². The zero-order valence-corrected chi connectivity index (χ0v) is 9.40. The minimum absolute atomic E-state index is 0.210. The normalized spacial score (nSPS) is 12.8. The van der Waals surface area contributed by atoms with Gasteiger partial charge in [0.05, 0.1) is 0 Å². The van der Waals surface area contributed by atoms with Gasteiger partial charge in [-0.15, -0.1) is 11.8 Å². The highest BCUT2D eigenvalue weighted by atomic mass is 32.2. The van der Waals surface area contributed by atoms with Gasteiger partial charge >= 0.3 is 0 Å². The van der Waals surface area contributed by atoms with Crippen LogP contribution in [0.15, 0.2) is 23.1 Å². The summed E-state index contributed by atoms with van der Waals surface area (Å²) in [4.78, 5) is 0.694. The molecule has 78 valence electrons. The third kappa shape index (κ3) is 3.22. The molecule has 0 aliphatic rings. The Morgan fingerprint density at radius 3 is 2.79 bits per heavy atom. The maximum Gasteiger partial charge on any atom is 0.138 e. The first-order valence-electron chi connectivity index (χ1n) is 4.81. The summed E-state index contributed by atoms with van der Waals surface area (Å²) < 4.78 is 13.3. The summed E-state index contributed by atoms with van der Waals surface area (Å²) in [7, 11) is 0. The van der Waals surface area contributed by atoms with Crippen LogP contribution >= 0.6 is 11.8 Å². The van der Waals surface area contributed by atoms with Crippen LogP contribution in [0.25, 0.3) is 0 Å². The second-order valence-corrected chi connectivity index (χ2v) is 4.58. The number of halogens is 1. The van der Waals surface area contributed by atoms with E-state index in [9.17, 15) is 4.39 Å². The Morgan fingerprint density at radius 2 is 2.21 bits per heavy atom. The predicted octanol–water partition coefficient (Wildman–Crippen LogP) is 3.55. The van der Waals surface area contributed by atoms with Gasteiger partial charge in [0, 0.05) is 16.3 Å². The highest BCUT2D eigenvalue weighted by Gasteiger charge is 2.05. The van der Waals surface area contributed by atoms with Gasteiger partial charge in [0.15, 0.2) is 0 Å². The van der Waals surface area contributed by atoms with Crippen molar-refractivity contribution in [2.45, 2.75) is 25.2 Å². The van der Waals surface area contributed by atoms with E-state index in [1.807, 2.05) is 0 Å². The average Bonchev–Trinajstić information content (AvgIpc) is 2.16. The molecule has 2 N–H and O–H groups in total. The van der Waals surface area contributed by atoms with Crippen molar-refractivity contribution < 1.29 is 4.39 Å². The molecule has 14 heavy (non-hydrogen) atoms. The third-order valence-electron chi connectivity index (χ3n) is 2.18. The highest BCUT2D eigenvalue weighted by Crippen LogP contribution is 2.25. The largest absolute Gasteiger partial charge is 0.399 e. The summed E-state index contributed by atoms with van der Waals surface area (Å²) in [6.45, 7) is 4.31. The minimum atomic E-state index is -0.210. The summed E-state index contributed by atoms with van der Waals surface area (Å²) in [5, 5.41) is 0. The molecule has 3 heteroatoms. The Kier molecular flexibility index (Phi) is 4.26. The van der Waals surface area contributed by atoms with Crippen LogP contribution in [0.3, 0.4) is 0 Å². The fourth-order valence-corrected chi connectivity index (χ4v) is 2.04. The van der Waals surface area contributed by atoms with Gasteiger partial charge in [-0.3, -0.25) is 0 Å². The fourth-order valence-electron chi connectivity index (χ4n) is 0.984. The van der Waals surface area contributed by atoms with E-state index in [0.29, 0.717) is 16.5 Å². The van der Waals surface area contributed by atoms with E-state index in [4.69, 9.17) is 5.73 Å². The van der Waals surface area contributed by atoms with E-state index in [1.54, 1.807) is 23.9 Å². The van der Waals surface area contributed by atoms with Crippen molar-refractivity contribution in [3.63, 3.8) is 0 Å². The fraction of sp³-hybridized carbons (Fsp3) is 0.455. The summed E-state index contributed by atoms with van der Waals surface area (Å²) in [6.07, 6.45) is 1.13. The summed E-state index contributed by atoms with van der Waals surface area (Å²) in [5.41, 5.74) is 5.94. The molecule has 0 radical (unpaired) electrons. The van der Waals surface area contributed by atoms with Crippen molar-refractivity contribution in [1.29, 1.82) is 0 Å². The van der Waals surface area contributed by atoms with Crippen LogP contribution in [-0.2, 0) is 0 Å². The highest BCUT2D eigenvalue weighted by molar-refractivity contribution is 7.99. The zero-order chi connectivity index (χ0) is 10.6. The Hall–Kier alpha value is -0.700. The summed E-state index contributed by atoms with van der Waals surface area (Å²) in [6, 6.07) is 4.86. The molecule has 0 spiro atoms. The summed E-state index contributed by atoms with van der Waals surface area (Å²) in [5.74, 6) is 1.37. The molecule has 0 saturated carbocycles. The van der Waals surface area contributed by atoms with Crippen LogP contribution in [0, 0.1) is 11.7 Å². The Balaban J connectivity index is 2.59. The van der Waals surface area contributed by atoms with Crippen LogP contribution in [0.2, 0.25) is 0 Å². The van der Waals surface area contributed by atoms with E-state index in [1.165, 1.54) is 6.07 Å². The van der Waals surface area contributed by atoms with Gasteiger partial charge in [-0.1, -0.05) is 20.3 Å². The smallest absolute Gasteiger partial charge is 0.138 e. The molecule has 0 heterocycles. The van der Waals surface area contributed by atoms with Gasteiger partial charge in [0.2, 0.25) is 0 Å². The molecule has 0 aliphatic heterocycles. The van der Waals surface area contributed by atoms with E-state index in [2.05, 4.69) is 13.8 Å². The molecular formula is C11H16FNS. The van der Waals surface area contributed by atoms with Crippen LogP contribution in [0.1, 0.15) is 20.3 Å². The number of rotatable bonds is 4. The molecule has 0 amide bonds. The first-order chi connectivity index (χ1) is 6.63. The number of hydrogen-bond acceptors (Lipinski definition) is 2. The maximum absolute atomic E-state index is 13.3. The number of benzene rings is 1. The van der Waals surface area contributed by atoms with Gasteiger partial charge in [0.25, 0.3) is 0 Å². The molecule has 1 unspecified atom stereocenters. The first kappa shape index (κ1) is 11.4. The van der Waals surface area contributed by atoms with Gasteiger partial charge in [-0.05, 0) is 24.1 Å². The van der Waals surface area contributed by atoms with Crippen molar-refractivity contribution in [1.82, 2.24) is 0 Å². The monoisotopic (exact) mass is 213 g/mol. The van der Waals surface area contributed by atoms with Gasteiger partial charge in [0.1, 0.15) is 5.82 Å². The Bertz CT molecular complexity index is 301. The lowest BCUT2D eigenvalue weighted by Gasteiger charge is -2.08. The lowest BCUT2D eigenvalue weighted by atomic mass is 10.2. The molecule has 1 aromatic rings. The van der Waals surface area contributed by atoms with Crippen molar-refractivity contribution in [2.24, 2.45) is 5.92 Å². The zero-order valence-electron chi connectivity index (χ0n) is 8.59. The van der Waals surface area contributed by atoms with Crippen molar-refractivity contribution in [2.75, 3.05) is 11.5 Å². The SMILES string of the molecule is CCC(C)CSc1ccc(N)cc1F. The molecule has 0 fully saturated rings. The molecule has 1 rings (SSSR count). The Labute approximate surface area is 88.9 Å². The van der Waals surface area contributed by atoms with Crippen LogP contribution in [0.5, 0.6) is 0 Å². The van der Waals surface area contributed by atoms with E-state index in [0.717, 1.165) is 12.2 Å². The first-order valence-corrected chi connectivity index (χ1v) is 5.80. The minimum Gasteiger partial charge on any atom is -0.399 e. The van der Waals surface area contributed by atoms with Crippen molar-refractivity contribution >= 4 is 17.4 Å². The quantitative estimate of drug-likeness (QED) is 0.611. The molecule has 1 aromatic carbocycles. The molecule has 0 aromatic heterocycles. The van der Waals surface area contributed by atoms with E-state index < -0.39 is 0 Å². The average molecular weight is 213 g/mol. The van der Waals surface area contributed by atoms with Gasteiger partial charge in [-0.2, -0.15) is 0 Å². The maximum atomic E-state index is 13.3. The molecule has 0 aliphatic carbocycles. The lowest BCUT2D eigenvalue weighted by Crippen LogP contribution is -1.96. The van der Waals surface area contributed by atoms with Gasteiger partial charge < -0.3 is 5.73 Å². The predicted molar refractivity (Wildman–Crippen MR) is 61.0 cm³/mol. The van der Waals surface area contributed by atoms with E-state index in [-0.39, 0.29) is 5.82 Å². The van der Waals surface area contributed by atoms with Crippen LogP contribution < -0.4 is 5.73 Å². The van der Waals surface area contributed by atoms with Crippen molar-refractivity contribution in [3.05, 3.63) is 24.0 Å². The third-order valence-corrected chi connectivity index (χ3v) is 3.55.